The van der Waals surface area contributed by atoms with Crippen molar-refractivity contribution < 1.29 is 22.7 Å². The van der Waals surface area contributed by atoms with Crippen molar-refractivity contribution in [2.75, 3.05) is 12.4 Å². The van der Waals surface area contributed by atoms with E-state index in [1.54, 1.807) is 12.1 Å². The van der Waals surface area contributed by atoms with E-state index in [0.717, 1.165) is 0 Å². The Morgan fingerprint density at radius 3 is 2.65 bits per heavy atom. The first-order valence-corrected chi connectivity index (χ1v) is 7.04. The van der Waals surface area contributed by atoms with Crippen LogP contribution in [0.2, 0.25) is 0 Å². The van der Waals surface area contributed by atoms with Crippen LogP contribution in [0, 0.1) is 0 Å². The molecule has 0 radical (unpaired) electrons. The van der Waals surface area contributed by atoms with Gasteiger partial charge >= 0.3 is 0 Å². The number of aromatic hydroxyl groups is 1. The van der Waals surface area contributed by atoms with Crippen molar-refractivity contribution in [3.63, 3.8) is 0 Å². The largest absolute Gasteiger partial charge is 0.508 e. The van der Waals surface area contributed by atoms with Crippen molar-refractivity contribution in [1.29, 1.82) is 0 Å². The van der Waals surface area contributed by atoms with Gasteiger partial charge in [0.2, 0.25) is 5.09 Å². The highest BCUT2D eigenvalue weighted by molar-refractivity contribution is 7.89. The second-order valence-corrected chi connectivity index (χ2v) is 5.65. The number of amides is 1. The van der Waals surface area contributed by atoms with E-state index in [9.17, 15) is 18.3 Å². The summed E-state index contributed by atoms with van der Waals surface area (Å²) in [6.45, 7) is 0. The number of furan rings is 1. The van der Waals surface area contributed by atoms with E-state index >= 15 is 0 Å². The lowest BCUT2D eigenvalue weighted by atomic mass is 10.3. The zero-order chi connectivity index (χ0) is 14.8. The molecule has 0 atom stereocenters. The van der Waals surface area contributed by atoms with Gasteiger partial charge < -0.3 is 14.8 Å². The predicted octanol–water partition coefficient (Wildman–Crippen LogP) is 1.15. The van der Waals surface area contributed by atoms with Gasteiger partial charge in [0.15, 0.2) is 5.76 Å². The molecule has 0 spiro atoms. The summed E-state index contributed by atoms with van der Waals surface area (Å²) >= 11 is 0. The highest BCUT2D eigenvalue weighted by Gasteiger charge is 2.19. The maximum atomic E-state index is 11.9. The van der Waals surface area contributed by atoms with Crippen LogP contribution in [-0.4, -0.2) is 26.5 Å². The fraction of sp³-hybridized carbons (Fsp3) is 0.0833. The minimum Gasteiger partial charge on any atom is -0.508 e. The van der Waals surface area contributed by atoms with E-state index in [1.165, 1.54) is 31.3 Å². The standard InChI is InChI=1S/C12H12N2O5S/c1-13-20(17,18)11-6-5-10(19-11)12(16)14-8-3-2-4-9(15)7-8/h2-7,13,15H,1H3,(H,14,16). The topological polar surface area (TPSA) is 109 Å². The molecule has 106 valence electrons. The van der Waals surface area contributed by atoms with Crippen LogP contribution in [0.3, 0.4) is 0 Å². The van der Waals surface area contributed by atoms with Crippen LogP contribution in [0.25, 0.3) is 0 Å². The highest BCUT2D eigenvalue weighted by atomic mass is 32.2. The molecule has 0 unspecified atom stereocenters. The van der Waals surface area contributed by atoms with E-state index in [4.69, 9.17) is 4.42 Å². The maximum absolute atomic E-state index is 11.9. The van der Waals surface area contributed by atoms with Gasteiger partial charge in [0.1, 0.15) is 5.75 Å². The Kier molecular flexibility index (Phi) is 3.77. The van der Waals surface area contributed by atoms with Crippen LogP contribution < -0.4 is 10.0 Å². The molecule has 1 aromatic carbocycles. The molecule has 2 aromatic rings. The van der Waals surface area contributed by atoms with Crippen molar-refractivity contribution in [2.24, 2.45) is 0 Å². The van der Waals surface area contributed by atoms with Crippen LogP contribution in [0.4, 0.5) is 5.69 Å². The Hall–Kier alpha value is -2.32. The smallest absolute Gasteiger partial charge is 0.291 e. The first-order valence-electron chi connectivity index (χ1n) is 5.56. The van der Waals surface area contributed by atoms with Crippen LogP contribution in [0.15, 0.2) is 45.9 Å². The zero-order valence-corrected chi connectivity index (χ0v) is 11.3. The first kappa shape index (κ1) is 14.1. The summed E-state index contributed by atoms with van der Waals surface area (Å²) in [5, 5.41) is 11.4. The number of rotatable bonds is 4. The van der Waals surface area contributed by atoms with Crippen molar-refractivity contribution in [3.8, 4) is 5.75 Å². The average Bonchev–Trinajstić information content (AvgIpc) is 2.89. The number of phenols is 1. The van der Waals surface area contributed by atoms with E-state index in [1.807, 2.05) is 0 Å². The Morgan fingerprint density at radius 2 is 2.00 bits per heavy atom. The number of nitrogens with one attached hydrogen (secondary N) is 2. The van der Waals surface area contributed by atoms with E-state index in [0.29, 0.717) is 5.69 Å². The van der Waals surface area contributed by atoms with E-state index < -0.39 is 15.9 Å². The molecule has 1 aromatic heterocycles. The van der Waals surface area contributed by atoms with Gasteiger partial charge in [0.05, 0.1) is 0 Å². The lowest BCUT2D eigenvalue weighted by molar-refractivity contribution is 0.0991. The van der Waals surface area contributed by atoms with Crippen molar-refractivity contribution in [1.82, 2.24) is 4.72 Å². The Bertz CT molecular complexity index is 736. The summed E-state index contributed by atoms with van der Waals surface area (Å²) in [6.07, 6.45) is 0. The van der Waals surface area contributed by atoms with Gasteiger partial charge in [-0.3, -0.25) is 4.79 Å². The molecule has 0 saturated carbocycles. The lowest BCUT2D eigenvalue weighted by Crippen LogP contribution is -2.18. The van der Waals surface area contributed by atoms with Crippen LogP contribution in [0.1, 0.15) is 10.6 Å². The molecule has 0 aliphatic rings. The molecular weight excluding hydrogens is 284 g/mol. The third kappa shape index (κ3) is 2.98. The number of carbonyl (C=O) groups is 1. The summed E-state index contributed by atoms with van der Waals surface area (Å²) in [5.74, 6) is -0.768. The molecule has 2 rings (SSSR count). The quantitative estimate of drug-likeness (QED) is 0.784. The maximum Gasteiger partial charge on any atom is 0.291 e. The molecule has 0 aliphatic carbocycles. The Labute approximate surface area is 115 Å². The van der Waals surface area contributed by atoms with Crippen molar-refractivity contribution in [2.45, 2.75) is 5.09 Å². The number of benzene rings is 1. The van der Waals surface area contributed by atoms with Crippen LogP contribution >= 0.6 is 0 Å². The Morgan fingerprint density at radius 1 is 1.25 bits per heavy atom. The summed E-state index contributed by atoms with van der Waals surface area (Å²) in [7, 11) is -2.49. The first-order chi connectivity index (χ1) is 9.42. The van der Waals surface area contributed by atoms with E-state index in [2.05, 4.69) is 10.0 Å². The third-order valence-electron chi connectivity index (χ3n) is 2.44. The zero-order valence-electron chi connectivity index (χ0n) is 10.5. The van der Waals surface area contributed by atoms with Gasteiger partial charge in [-0.2, -0.15) is 0 Å². The number of hydrogen-bond acceptors (Lipinski definition) is 5. The van der Waals surface area contributed by atoms with Crippen molar-refractivity contribution in [3.05, 3.63) is 42.2 Å². The summed E-state index contributed by atoms with van der Waals surface area (Å²) < 4.78 is 30.0. The fourth-order valence-electron chi connectivity index (χ4n) is 1.46. The van der Waals surface area contributed by atoms with Gasteiger partial charge in [-0.1, -0.05) is 6.07 Å². The van der Waals surface area contributed by atoms with Crippen molar-refractivity contribution >= 4 is 21.6 Å². The van der Waals surface area contributed by atoms with Gasteiger partial charge in [0.25, 0.3) is 15.9 Å². The number of hydrogen-bond donors (Lipinski definition) is 3. The van der Waals surface area contributed by atoms with Gasteiger partial charge in [-0.15, -0.1) is 0 Å². The predicted molar refractivity (Wildman–Crippen MR) is 71.0 cm³/mol. The Balaban J connectivity index is 2.19. The van der Waals surface area contributed by atoms with Crippen LogP contribution in [0.5, 0.6) is 5.75 Å². The van der Waals surface area contributed by atoms with Gasteiger partial charge in [-0.25, -0.2) is 13.1 Å². The minimum absolute atomic E-state index is 0.000643. The molecule has 7 nitrogen and oxygen atoms in total. The molecule has 0 fully saturated rings. The second kappa shape index (κ2) is 5.35. The third-order valence-corrected chi connectivity index (χ3v) is 3.73. The number of carbonyl (C=O) groups excluding carboxylic acids is 1. The lowest BCUT2D eigenvalue weighted by Gasteiger charge is -2.03. The summed E-state index contributed by atoms with van der Waals surface area (Å²) in [5.41, 5.74) is 0.365. The van der Waals surface area contributed by atoms with Crippen LogP contribution in [-0.2, 0) is 10.0 Å². The second-order valence-electron chi connectivity index (χ2n) is 3.83. The molecule has 0 saturated heterocycles. The molecule has 3 N–H and O–H groups in total. The fourth-order valence-corrected chi connectivity index (χ4v) is 2.11. The van der Waals surface area contributed by atoms with Gasteiger partial charge in [-0.05, 0) is 31.3 Å². The number of sulfonamides is 1. The SMILES string of the molecule is CNS(=O)(=O)c1ccc(C(=O)Nc2cccc(O)c2)o1. The minimum atomic E-state index is -3.73. The van der Waals surface area contributed by atoms with E-state index in [-0.39, 0.29) is 16.6 Å². The molecule has 20 heavy (non-hydrogen) atoms. The molecule has 1 amide bonds. The van der Waals surface area contributed by atoms with Gasteiger partial charge in [0, 0.05) is 11.8 Å². The molecule has 1 heterocycles. The summed E-state index contributed by atoms with van der Waals surface area (Å²) in [4.78, 5) is 11.9. The average molecular weight is 296 g/mol. The normalized spacial score (nSPS) is 11.2. The molecule has 0 aliphatic heterocycles. The number of phenolic OH excluding ortho intramolecular Hbond substituents is 1. The monoisotopic (exact) mass is 296 g/mol. The molecule has 0 bridgehead atoms. The highest BCUT2D eigenvalue weighted by Crippen LogP contribution is 2.18. The molecular formula is C12H12N2O5S. The number of anilines is 1. The molecule has 8 heteroatoms. The summed E-state index contributed by atoms with van der Waals surface area (Å²) in [6, 6.07) is 8.38.